The molecule has 9 nitrogen and oxygen atoms in total. The second-order valence-electron chi connectivity index (χ2n) is 8.54. The fourth-order valence-corrected chi connectivity index (χ4v) is 5.05. The first kappa shape index (κ1) is 26.1. The number of hydrogen-bond acceptors (Lipinski definition) is 6. The predicted molar refractivity (Wildman–Crippen MR) is 140 cm³/mol. The lowest BCUT2D eigenvalue weighted by Crippen LogP contribution is -2.41. The maximum absolute atomic E-state index is 13.0. The molecule has 0 saturated carbocycles. The van der Waals surface area contributed by atoms with Crippen LogP contribution in [0, 0.1) is 0 Å². The quantitative estimate of drug-likeness (QED) is 0.392. The van der Waals surface area contributed by atoms with E-state index < -0.39 is 15.9 Å². The molecule has 10 heteroatoms. The van der Waals surface area contributed by atoms with Gasteiger partial charge in [0.25, 0.3) is 15.9 Å². The van der Waals surface area contributed by atoms with E-state index in [1.54, 1.807) is 53.4 Å². The first-order chi connectivity index (χ1) is 17.8. The lowest BCUT2D eigenvalue weighted by atomic mass is 10.0. The summed E-state index contributed by atoms with van der Waals surface area (Å²) in [6, 6.07) is 20.3. The molecule has 1 saturated heterocycles. The molecule has 3 aromatic rings. The first-order valence-electron chi connectivity index (χ1n) is 11.9. The molecule has 192 valence electrons. The Hall–Kier alpha value is -4.02. The van der Waals surface area contributed by atoms with Gasteiger partial charge in [-0.15, -0.1) is 0 Å². The Bertz CT molecular complexity index is 1370. The van der Waals surface area contributed by atoms with Crippen LogP contribution < -0.4 is 15.4 Å². The largest absolute Gasteiger partial charge is 0.343 e. The second kappa shape index (κ2) is 11.8. The van der Waals surface area contributed by atoms with E-state index in [2.05, 4.69) is 15.4 Å². The van der Waals surface area contributed by atoms with Crippen molar-refractivity contribution >= 4 is 33.3 Å². The summed E-state index contributed by atoms with van der Waals surface area (Å²) in [4.78, 5) is 39.5. The lowest BCUT2D eigenvalue weighted by Gasteiger charge is -2.20. The Morgan fingerprint density at radius 1 is 0.811 bits per heavy atom. The average molecular weight is 521 g/mol. The number of ketones is 1. The summed E-state index contributed by atoms with van der Waals surface area (Å²) in [5.74, 6) is -0.946. The molecule has 1 aliphatic rings. The van der Waals surface area contributed by atoms with Crippen LogP contribution in [-0.4, -0.2) is 63.6 Å². The van der Waals surface area contributed by atoms with Crippen molar-refractivity contribution in [1.82, 2.24) is 15.5 Å². The van der Waals surface area contributed by atoms with Crippen molar-refractivity contribution in [3.05, 3.63) is 95.6 Å². The number of hydrogen-bond donors (Lipinski definition) is 3. The smallest absolute Gasteiger partial charge is 0.261 e. The fraction of sp³-hybridized carbons (Fsp3) is 0.222. The standard InChI is InChI=1S/C27H28N4O5S/c32-25(31-17-6-15-28-16-18-31)19-29-27(34)21-11-13-22(14-12-21)37(35,36)30-24-10-5-4-9-23(24)26(33)20-7-2-1-3-8-20/h1-5,7-14,28,30H,6,15-19H2,(H,29,34). The maximum Gasteiger partial charge on any atom is 0.261 e. The SMILES string of the molecule is O=C(NCC(=O)N1CCCNCC1)c1ccc(S(=O)(=O)Nc2ccccc2C(=O)c2ccccc2)cc1. The molecule has 0 aromatic heterocycles. The van der Waals surface area contributed by atoms with Crippen molar-refractivity contribution in [2.24, 2.45) is 0 Å². The van der Waals surface area contributed by atoms with Crippen molar-refractivity contribution < 1.29 is 22.8 Å². The van der Waals surface area contributed by atoms with Crippen LogP contribution >= 0.6 is 0 Å². The minimum Gasteiger partial charge on any atom is -0.343 e. The van der Waals surface area contributed by atoms with E-state index in [0.717, 1.165) is 13.0 Å². The fourth-order valence-electron chi connectivity index (χ4n) is 3.97. The molecule has 1 aliphatic heterocycles. The normalized spacial score (nSPS) is 13.9. The highest BCUT2D eigenvalue weighted by atomic mass is 32.2. The summed E-state index contributed by atoms with van der Waals surface area (Å²) in [5, 5.41) is 5.82. The van der Waals surface area contributed by atoms with Crippen LogP contribution in [-0.2, 0) is 14.8 Å². The van der Waals surface area contributed by atoms with E-state index in [0.29, 0.717) is 25.2 Å². The minimum atomic E-state index is -4.04. The second-order valence-corrected chi connectivity index (χ2v) is 10.2. The lowest BCUT2D eigenvalue weighted by molar-refractivity contribution is -0.129. The summed E-state index contributed by atoms with van der Waals surface area (Å²) in [6.45, 7) is 2.67. The van der Waals surface area contributed by atoms with Gasteiger partial charge in [0.15, 0.2) is 5.78 Å². The van der Waals surface area contributed by atoms with E-state index >= 15 is 0 Å². The van der Waals surface area contributed by atoms with Gasteiger partial charge in [-0.3, -0.25) is 19.1 Å². The van der Waals surface area contributed by atoms with Gasteiger partial charge in [0.1, 0.15) is 0 Å². The molecule has 37 heavy (non-hydrogen) atoms. The Morgan fingerprint density at radius 3 is 2.27 bits per heavy atom. The zero-order chi connectivity index (χ0) is 26.3. The third-order valence-corrected chi connectivity index (χ3v) is 7.35. The van der Waals surface area contributed by atoms with Crippen LogP contribution in [0.15, 0.2) is 83.8 Å². The van der Waals surface area contributed by atoms with Gasteiger partial charge in [0.2, 0.25) is 5.91 Å². The number of nitrogens with one attached hydrogen (secondary N) is 3. The molecule has 3 N–H and O–H groups in total. The number of rotatable bonds is 8. The van der Waals surface area contributed by atoms with Crippen molar-refractivity contribution in [3.8, 4) is 0 Å². The Kier molecular flexibility index (Phi) is 8.32. The number of nitrogens with zero attached hydrogens (tertiary/aromatic N) is 1. The Labute approximate surface area is 215 Å². The van der Waals surface area contributed by atoms with Crippen LogP contribution in [0.4, 0.5) is 5.69 Å². The van der Waals surface area contributed by atoms with Crippen LogP contribution in [0.25, 0.3) is 0 Å². The van der Waals surface area contributed by atoms with Gasteiger partial charge < -0.3 is 15.5 Å². The summed E-state index contributed by atoms with van der Waals surface area (Å²) in [5.41, 5.74) is 1.04. The molecule has 2 amide bonds. The van der Waals surface area contributed by atoms with E-state index in [1.807, 2.05) is 0 Å². The van der Waals surface area contributed by atoms with Crippen molar-refractivity contribution in [2.45, 2.75) is 11.3 Å². The molecule has 0 bridgehead atoms. The first-order valence-corrected chi connectivity index (χ1v) is 13.4. The van der Waals surface area contributed by atoms with Crippen molar-refractivity contribution in [3.63, 3.8) is 0 Å². The third kappa shape index (κ3) is 6.60. The highest BCUT2D eigenvalue weighted by Gasteiger charge is 2.21. The highest BCUT2D eigenvalue weighted by Crippen LogP contribution is 2.23. The number of sulfonamides is 1. The molecule has 0 radical (unpaired) electrons. The predicted octanol–water partition coefficient (Wildman–Crippen LogP) is 2.27. The number of anilines is 1. The number of carbonyl (C=O) groups is 3. The van der Waals surface area contributed by atoms with E-state index in [-0.39, 0.29) is 39.9 Å². The van der Waals surface area contributed by atoms with Gasteiger partial charge in [-0.1, -0.05) is 42.5 Å². The van der Waals surface area contributed by atoms with Crippen LogP contribution in [0.5, 0.6) is 0 Å². The molecule has 4 rings (SSSR count). The van der Waals surface area contributed by atoms with Gasteiger partial charge in [-0.25, -0.2) is 8.42 Å². The number of para-hydroxylation sites is 1. The zero-order valence-corrected chi connectivity index (χ0v) is 21.0. The highest BCUT2D eigenvalue weighted by molar-refractivity contribution is 7.92. The topological polar surface area (TPSA) is 125 Å². The summed E-state index contributed by atoms with van der Waals surface area (Å²) in [7, 11) is -4.04. The van der Waals surface area contributed by atoms with Gasteiger partial charge in [0, 0.05) is 36.3 Å². The molecule has 0 unspecified atom stereocenters. The third-order valence-electron chi connectivity index (χ3n) is 5.97. The number of benzene rings is 3. The van der Waals surface area contributed by atoms with Gasteiger partial charge in [-0.2, -0.15) is 0 Å². The van der Waals surface area contributed by atoms with Gasteiger partial charge in [0.05, 0.1) is 17.1 Å². The maximum atomic E-state index is 13.0. The molecule has 0 spiro atoms. The summed E-state index contributed by atoms with van der Waals surface area (Å²) in [6.07, 6.45) is 0.856. The molecule has 0 aliphatic carbocycles. The molecule has 1 fully saturated rings. The molecular formula is C27H28N4O5S. The van der Waals surface area contributed by atoms with E-state index in [1.165, 1.54) is 30.3 Å². The van der Waals surface area contributed by atoms with E-state index in [9.17, 15) is 22.8 Å². The van der Waals surface area contributed by atoms with Crippen LogP contribution in [0.2, 0.25) is 0 Å². The monoisotopic (exact) mass is 520 g/mol. The molecule has 1 heterocycles. The summed E-state index contributed by atoms with van der Waals surface area (Å²) < 4.78 is 28.5. The molecule has 3 aromatic carbocycles. The number of amides is 2. The molecular weight excluding hydrogens is 492 g/mol. The Morgan fingerprint density at radius 2 is 1.51 bits per heavy atom. The molecule has 0 atom stereocenters. The van der Waals surface area contributed by atoms with E-state index in [4.69, 9.17) is 0 Å². The van der Waals surface area contributed by atoms with Crippen LogP contribution in [0.1, 0.15) is 32.7 Å². The van der Waals surface area contributed by atoms with Gasteiger partial charge >= 0.3 is 0 Å². The number of carbonyl (C=O) groups excluding carboxylic acids is 3. The zero-order valence-electron chi connectivity index (χ0n) is 20.1. The average Bonchev–Trinajstić information content (AvgIpc) is 3.22. The van der Waals surface area contributed by atoms with Crippen LogP contribution in [0.3, 0.4) is 0 Å². The Balaban J connectivity index is 1.42. The summed E-state index contributed by atoms with van der Waals surface area (Å²) >= 11 is 0. The van der Waals surface area contributed by atoms with Crippen molar-refractivity contribution in [1.29, 1.82) is 0 Å². The van der Waals surface area contributed by atoms with Crippen molar-refractivity contribution in [2.75, 3.05) is 37.4 Å². The van der Waals surface area contributed by atoms with Gasteiger partial charge in [-0.05, 0) is 49.4 Å². The minimum absolute atomic E-state index is 0.0702.